The Bertz CT molecular complexity index is 560. The lowest BCUT2D eigenvalue weighted by atomic mass is 10.2. The highest BCUT2D eigenvalue weighted by Gasteiger charge is 2.01. The van der Waals surface area contributed by atoms with Crippen molar-refractivity contribution in [1.29, 1.82) is 0 Å². The Morgan fingerprint density at radius 1 is 1.44 bits per heavy atom. The number of hydrogen-bond acceptors (Lipinski definition) is 3. The van der Waals surface area contributed by atoms with Crippen molar-refractivity contribution in [2.24, 2.45) is 5.73 Å². The van der Waals surface area contributed by atoms with Crippen molar-refractivity contribution in [3.63, 3.8) is 0 Å². The molecule has 2 aromatic rings. The molecule has 0 saturated heterocycles. The zero-order valence-electron chi connectivity index (χ0n) is 9.05. The smallest absolute Gasteiger partial charge is 0.277 e. The van der Waals surface area contributed by atoms with Crippen LogP contribution in [0, 0.1) is 6.92 Å². The fourth-order valence-electron chi connectivity index (χ4n) is 1.52. The summed E-state index contributed by atoms with van der Waals surface area (Å²) in [6.45, 7) is 2.22. The van der Waals surface area contributed by atoms with Crippen LogP contribution in [0.2, 0.25) is 0 Å². The van der Waals surface area contributed by atoms with Crippen molar-refractivity contribution in [3.8, 4) is 5.69 Å². The van der Waals surface area contributed by atoms with Gasteiger partial charge in [0.05, 0.1) is 0 Å². The number of nitrogens with two attached hydrogens (primary N) is 1. The van der Waals surface area contributed by atoms with Crippen molar-refractivity contribution in [2.45, 2.75) is 13.5 Å². The van der Waals surface area contributed by atoms with Gasteiger partial charge in [-0.05, 0) is 24.6 Å². The molecule has 4 heteroatoms. The Kier molecular flexibility index (Phi) is 2.83. The van der Waals surface area contributed by atoms with Gasteiger partial charge >= 0.3 is 0 Å². The van der Waals surface area contributed by atoms with Crippen LogP contribution in [0.1, 0.15) is 11.1 Å². The third-order valence-electron chi connectivity index (χ3n) is 2.39. The van der Waals surface area contributed by atoms with Crippen LogP contribution in [-0.2, 0) is 6.54 Å². The molecule has 0 fully saturated rings. The Balaban J connectivity index is 2.52. The van der Waals surface area contributed by atoms with E-state index in [0.29, 0.717) is 5.56 Å². The maximum Gasteiger partial charge on any atom is 0.277 e. The second-order valence-electron chi connectivity index (χ2n) is 3.65. The standard InChI is InChI=1S/C12H13N3O/c1-9-3-2-4-11(5-9)15-7-10(6-13)12(16)14-8-15/h2-5,7-8H,6,13H2,1H3. The minimum atomic E-state index is -0.258. The molecular formula is C12H13N3O. The number of aryl methyl sites for hydroxylation is 1. The molecule has 16 heavy (non-hydrogen) atoms. The summed E-state index contributed by atoms with van der Waals surface area (Å²) in [5, 5.41) is 0. The average molecular weight is 215 g/mol. The van der Waals surface area contributed by atoms with Crippen LogP contribution < -0.4 is 11.3 Å². The first kappa shape index (κ1) is 10.6. The topological polar surface area (TPSA) is 60.9 Å². The van der Waals surface area contributed by atoms with Crippen LogP contribution in [0.15, 0.2) is 41.6 Å². The fourth-order valence-corrected chi connectivity index (χ4v) is 1.52. The minimum Gasteiger partial charge on any atom is -0.326 e. The van der Waals surface area contributed by atoms with E-state index in [1.165, 1.54) is 6.33 Å². The monoisotopic (exact) mass is 215 g/mol. The van der Waals surface area contributed by atoms with Crippen LogP contribution in [-0.4, -0.2) is 9.55 Å². The fraction of sp³-hybridized carbons (Fsp3) is 0.167. The van der Waals surface area contributed by atoms with Crippen molar-refractivity contribution < 1.29 is 0 Å². The highest BCUT2D eigenvalue weighted by Crippen LogP contribution is 2.08. The van der Waals surface area contributed by atoms with Crippen LogP contribution in [0.4, 0.5) is 0 Å². The maximum absolute atomic E-state index is 11.3. The number of nitrogens with zero attached hydrogens (tertiary/aromatic N) is 2. The Hall–Kier alpha value is -1.94. The zero-order chi connectivity index (χ0) is 11.5. The quantitative estimate of drug-likeness (QED) is 0.813. The molecule has 1 aromatic heterocycles. The van der Waals surface area contributed by atoms with Crippen LogP contribution in [0.25, 0.3) is 5.69 Å². The highest BCUT2D eigenvalue weighted by atomic mass is 16.1. The van der Waals surface area contributed by atoms with E-state index < -0.39 is 0 Å². The average Bonchev–Trinajstić information content (AvgIpc) is 2.29. The molecule has 0 amide bonds. The van der Waals surface area contributed by atoms with E-state index in [1.54, 1.807) is 10.8 Å². The second kappa shape index (κ2) is 4.28. The van der Waals surface area contributed by atoms with Gasteiger partial charge in [0.1, 0.15) is 6.33 Å². The van der Waals surface area contributed by atoms with Gasteiger partial charge in [-0.25, -0.2) is 0 Å². The summed E-state index contributed by atoms with van der Waals surface area (Å²) in [6.07, 6.45) is 3.24. The van der Waals surface area contributed by atoms with Gasteiger partial charge in [-0.1, -0.05) is 12.1 Å². The van der Waals surface area contributed by atoms with Crippen LogP contribution in [0.3, 0.4) is 0 Å². The predicted octanol–water partition coefficient (Wildman–Crippen LogP) is 1.000. The zero-order valence-corrected chi connectivity index (χ0v) is 9.05. The van der Waals surface area contributed by atoms with Crippen LogP contribution in [0.5, 0.6) is 0 Å². The molecule has 0 bridgehead atoms. The number of aromatic nitrogens is 2. The van der Waals surface area contributed by atoms with E-state index in [9.17, 15) is 4.79 Å². The first-order valence-corrected chi connectivity index (χ1v) is 5.05. The summed E-state index contributed by atoms with van der Waals surface area (Å²) in [5.74, 6) is 0. The summed E-state index contributed by atoms with van der Waals surface area (Å²) in [6, 6.07) is 7.96. The molecule has 0 unspecified atom stereocenters. The lowest BCUT2D eigenvalue weighted by Gasteiger charge is -2.07. The van der Waals surface area contributed by atoms with Gasteiger partial charge in [0, 0.05) is 24.0 Å². The Morgan fingerprint density at radius 3 is 2.94 bits per heavy atom. The molecular weight excluding hydrogens is 202 g/mol. The third-order valence-corrected chi connectivity index (χ3v) is 2.39. The highest BCUT2D eigenvalue weighted by molar-refractivity contribution is 5.35. The lowest BCUT2D eigenvalue weighted by molar-refractivity contribution is 0.898. The SMILES string of the molecule is Cc1cccc(-n2cnc(=O)c(CN)c2)c1. The molecule has 1 heterocycles. The van der Waals surface area contributed by atoms with Crippen molar-refractivity contribution in [1.82, 2.24) is 9.55 Å². The van der Waals surface area contributed by atoms with Gasteiger partial charge in [0.2, 0.25) is 0 Å². The molecule has 0 radical (unpaired) electrons. The van der Waals surface area contributed by atoms with Gasteiger partial charge in [0.25, 0.3) is 5.56 Å². The number of hydrogen-bond donors (Lipinski definition) is 1. The predicted molar refractivity (Wildman–Crippen MR) is 62.5 cm³/mol. The molecule has 0 aliphatic carbocycles. The van der Waals surface area contributed by atoms with Gasteiger partial charge in [-0.3, -0.25) is 4.79 Å². The Morgan fingerprint density at radius 2 is 2.25 bits per heavy atom. The lowest BCUT2D eigenvalue weighted by Crippen LogP contribution is -2.18. The van der Waals surface area contributed by atoms with E-state index in [-0.39, 0.29) is 12.1 Å². The number of rotatable bonds is 2. The van der Waals surface area contributed by atoms with Gasteiger partial charge in [0.15, 0.2) is 0 Å². The minimum absolute atomic E-state index is 0.207. The molecule has 1 aromatic carbocycles. The van der Waals surface area contributed by atoms with E-state index in [1.807, 2.05) is 31.2 Å². The maximum atomic E-state index is 11.3. The van der Waals surface area contributed by atoms with E-state index in [2.05, 4.69) is 4.98 Å². The van der Waals surface area contributed by atoms with Gasteiger partial charge in [-0.15, -0.1) is 0 Å². The Labute approximate surface area is 93.4 Å². The van der Waals surface area contributed by atoms with Crippen LogP contribution >= 0.6 is 0 Å². The molecule has 0 aliphatic heterocycles. The van der Waals surface area contributed by atoms with Crippen molar-refractivity contribution in [3.05, 3.63) is 58.3 Å². The molecule has 2 N–H and O–H groups in total. The van der Waals surface area contributed by atoms with Gasteiger partial charge < -0.3 is 10.3 Å². The largest absolute Gasteiger partial charge is 0.326 e. The third kappa shape index (κ3) is 2.01. The normalized spacial score (nSPS) is 10.4. The number of benzene rings is 1. The second-order valence-corrected chi connectivity index (χ2v) is 3.65. The molecule has 82 valence electrons. The molecule has 0 spiro atoms. The summed E-state index contributed by atoms with van der Waals surface area (Å²) in [7, 11) is 0. The first-order valence-electron chi connectivity index (χ1n) is 5.05. The summed E-state index contributed by atoms with van der Waals surface area (Å²) >= 11 is 0. The first-order chi connectivity index (χ1) is 7.70. The summed E-state index contributed by atoms with van der Waals surface area (Å²) < 4.78 is 1.80. The summed E-state index contributed by atoms with van der Waals surface area (Å²) in [5.41, 5.74) is 7.87. The van der Waals surface area contributed by atoms with Crippen molar-refractivity contribution in [2.75, 3.05) is 0 Å². The molecule has 2 rings (SSSR count). The summed E-state index contributed by atoms with van der Waals surface area (Å²) in [4.78, 5) is 15.1. The van der Waals surface area contributed by atoms with E-state index >= 15 is 0 Å². The molecule has 0 atom stereocenters. The molecule has 0 aliphatic rings. The van der Waals surface area contributed by atoms with E-state index in [0.717, 1.165) is 11.3 Å². The molecule has 4 nitrogen and oxygen atoms in total. The van der Waals surface area contributed by atoms with Gasteiger partial charge in [-0.2, -0.15) is 4.98 Å². The molecule has 0 saturated carbocycles. The van der Waals surface area contributed by atoms with Crippen molar-refractivity contribution >= 4 is 0 Å². The van der Waals surface area contributed by atoms with E-state index in [4.69, 9.17) is 5.73 Å².